The first-order valence-corrected chi connectivity index (χ1v) is 9.55. The summed E-state index contributed by atoms with van der Waals surface area (Å²) in [6.45, 7) is 5.61. The Morgan fingerprint density at radius 2 is 2.14 bits per heavy atom. The molecule has 3 N–H and O–H groups in total. The van der Waals surface area contributed by atoms with E-state index < -0.39 is 0 Å². The molecule has 0 aliphatic carbocycles. The Labute approximate surface area is 164 Å². The van der Waals surface area contributed by atoms with Crippen molar-refractivity contribution in [3.8, 4) is 0 Å². The van der Waals surface area contributed by atoms with Gasteiger partial charge in [0.05, 0.1) is 17.6 Å². The van der Waals surface area contributed by atoms with Crippen LogP contribution in [-0.2, 0) is 22.5 Å². The Morgan fingerprint density at radius 1 is 1.32 bits per heavy atom. The van der Waals surface area contributed by atoms with Crippen LogP contribution in [0.4, 0.5) is 5.82 Å². The molecule has 0 fully saturated rings. The van der Waals surface area contributed by atoms with E-state index >= 15 is 0 Å². The molecule has 3 aromatic rings. The van der Waals surface area contributed by atoms with E-state index in [1.807, 2.05) is 18.2 Å². The molecule has 0 aliphatic heterocycles. The third-order valence-electron chi connectivity index (χ3n) is 4.68. The monoisotopic (exact) mass is 381 g/mol. The SMILES string of the molecule is C=CCC(=O)NCCCCn1c(CCOC)nc2c(N)nc3ccccc3c21. The van der Waals surface area contributed by atoms with Crippen LogP contribution in [0.5, 0.6) is 0 Å². The van der Waals surface area contributed by atoms with Gasteiger partial charge < -0.3 is 20.4 Å². The van der Waals surface area contributed by atoms with Gasteiger partial charge in [-0.1, -0.05) is 24.3 Å². The lowest BCUT2D eigenvalue weighted by Crippen LogP contribution is -2.23. The smallest absolute Gasteiger partial charge is 0.223 e. The zero-order valence-electron chi connectivity index (χ0n) is 16.3. The molecule has 3 rings (SSSR count). The second-order valence-corrected chi connectivity index (χ2v) is 6.68. The Bertz CT molecular complexity index is 980. The Hall–Kier alpha value is -2.93. The number of anilines is 1. The normalized spacial score (nSPS) is 11.2. The number of pyridine rings is 1. The van der Waals surface area contributed by atoms with Crippen molar-refractivity contribution in [2.24, 2.45) is 0 Å². The van der Waals surface area contributed by atoms with Crippen LogP contribution in [0, 0.1) is 0 Å². The number of benzene rings is 1. The van der Waals surface area contributed by atoms with E-state index in [2.05, 4.69) is 27.5 Å². The fourth-order valence-electron chi connectivity index (χ4n) is 3.36. The number of fused-ring (bicyclic) bond motifs is 3. The van der Waals surface area contributed by atoms with Gasteiger partial charge in [-0.25, -0.2) is 9.97 Å². The number of ether oxygens (including phenoxy) is 1. The van der Waals surface area contributed by atoms with Gasteiger partial charge in [-0.2, -0.15) is 0 Å². The quantitative estimate of drug-likeness (QED) is 0.416. The van der Waals surface area contributed by atoms with Crippen molar-refractivity contribution in [1.82, 2.24) is 19.9 Å². The lowest BCUT2D eigenvalue weighted by Gasteiger charge is -2.11. The molecule has 7 nitrogen and oxygen atoms in total. The van der Waals surface area contributed by atoms with Crippen LogP contribution in [0.15, 0.2) is 36.9 Å². The average Bonchev–Trinajstić information content (AvgIpc) is 3.06. The Balaban J connectivity index is 1.85. The maximum Gasteiger partial charge on any atom is 0.223 e. The molecular formula is C21H27N5O2. The van der Waals surface area contributed by atoms with Crippen LogP contribution >= 0.6 is 0 Å². The van der Waals surface area contributed by atoms with E-state index in [1.54, 1.807) is 13.2 Å². The summed E-state index contributed by atoms with van der Waals surface area (Å²) >= 11 is 0. The highest BCUT2D eigenvalue weighted by atomic mass is 16.5. The van der Waals surface area contributed by atoms with Crippen molar-refractivity contribution >= 4 is 33.7 Å². The topological polar surface area (TPSA) is 95.1 Å². The summed E-state index contributed by atoms with van der Waals surface area (Å²) in [7, 11) is 1.68. The number of nitrogens with one attached hydrogen (secondary N) is 1. The minimum atomic E-state index is 0.00806. The number of nitrogens with two attached hydrogens (primary N) is 1. The number of hydrogen-bond acceptors (Lipinski definition) is 5. The molecule has 0 saturated carbocycles. The second-order valence-electron chi connectivity index (χ2n) is 6.68. The molecule has 1 amide bonds. The maximum absolute atomic E-state index is 11.5. The Kier molecular flexibility index (Phi) is 6.60. The molecule has 0 bridgehead atoms. The summed E-state index contributed by atoms with van der Waals surface area (Å²) in [5, 5.41) is 3.95. The van der Waals surface area contributed by atoms with Gasteiger partial charge in [0.1, 0.15) is 11.3 Å². The molecule has 2 heterocycles. The molecule has 0 atom stereocenters. The van der Waals surface area contributed by atoms with Crippen molar-refractivity contribution in [2.75, 3.05) is 26.0 Å². The standard InChI is InChI=1S/C21H27N5O2/c1-3-8-18(27)23-12-6-7-13-26-17(11-14-28-2)25-19-20(26)15-9-4-5-10-16(15)24-21(19)22/h3-5,9-10H,1,6-8,11-14H2,2H3,(H2,22,24)(H,23,27). The van der Waals surface area contributed by atoms with E-state index in [4.69, 9.17) is 15.5 Å². The number of methoxy groups -OCH3 is 1. The maximum atomic E-state index is 11.5. The van der Waals surface area contributed by atoms with Gasteiger partial charge in [-0.05, 0) is 18.9 Å². The van der Waals surface area contributed by atoms with Gasteiger partial charge in [0, 0.05) is 38.4 Å². The number of carbonyl (C=O) groups is 1. The summed E-state index contributed by atoms with van der Waals surface area (Å²) in [6.07, 6.45) is 4.46. The molecule has 0 aliphatic rings. The number of aromatic nitrogens is 3. The molecule has 1 aromatic carbocycles. The first kappa shape index (κ1) is 19.8. The van der Waals surface area contributed by atoms with E-state index in [0.29, 0.717) is 31.8 Å². The molecular weight excluding hydrogens is 354 g/mol. The van der Waals surface area contributed by atoms with E-state index in [9.17, 15) is 4.79 Å². The second kappa shape index (κ2) is 9.32. The van der Waals surface area contributed by atoms with E-state index in [-0.39, 0.29) is 5.91 Å². The fourth-order valence-corrected chi connectivity index (χ4v) is 3.36. The third kappa shape index (κ3) is 4.31. The van der Waals surface area contributed by atoms with Gasteiger partial charge in [-0.3, -0.25) is 4.79 Å². The van der Waals surface area contributed by atoms with Crippen LogP contribution in [-0.4, -0.2) is 40.7 Å². The van der Waals surface area contributed by atoms with Crippen molar-refractivity contribution in [3.63, 3.8) is 0 Å². The van der Waals surface area contributed by atoms with Gasteiger partial charge in [-0.15, -0.1) is 6.58 Å². The molecule has 7 heteroatoms. The van der Waals surface area contributed by atoms with Gasteiger partial charge in [0.2, 0.25) is 5.91 Å². The summed E-state index contributed by atoms with van der Waals surface area (Å²) in [4.78, 5) is 20.8. The zero-order chi connectivity index (χ0) is 19.9. The zero-order valence-corrected chi connectivity index (χ0v) is 16.3. The van der Waals surface area contributed by atoms with Gasteiger partial charge in [0.25, 0.3) is 0 Å². The lowest BCUT2D eigenvalue weighted by atomic mass is 10.2. The highest BCUT2D eigenvalue weighted by Crippen LogP contribution is 2.29. The molecule has 0 unspecified atom stereocenters. The van der Waals surface area contributed by atoms with Crippen LogP contribution < -0.4 is 11.1 Å². The number of hydrogen-bond donors (Lipinski definition) is 2. The Morgan fingerprint density at radius 3 is 2.93 bits per heavy atom. The number of carbonyl (C=O) groups excluding carboxylic acids is 1. The summed E-state index contributed by atoms with van der Waals surface area (Å²) < 4.78 is 7.47. The molecule has 28 heavy (non-hydrogen) atoms. The number of nitrogens with zero attached hydrogens (tertiary/aromatic N) is 3. The number of aryl methyl sites for hydroxylation is 1. The molecule has 0 radical (unpaired) electrons. The van der Waals surface area contributed by atoms with Crippen molar-refractivity contribution in [1.29, 1.82) is 0 Å². The van der Waals surface area contributed by atoms with Crippen LogP contribution in [0.25, 0.3) is 21.9 Å². The number of amides is 1. The van der Waals surface area contributed by atoms with Crippen LogP contribution in [0.2, 0.25) is 0 Å². The van der Waals surface area contributed by atoms with Crippen LogP contribution in [0.3, 0.4) is 0 Å². The van der Waals surface area contributed by atoms with Gasteiger partial charge >= 0.3 is 0 Å². The summed E-state index contributed by atoms with van der Waals surface area (Å²) in [5.74, 6) is 1.40. The lowest BCUT2D eigenvalue weighted by molar-refractivity contribution is -0.120. The van der Waals surface area contributed by atoms with E-state index in [0.717, 1.165) is 47.1 Å². The van der Waals surface area contributed by atoms with Crippen molar-refractivity contribution < 1.29 is 9.53 Å². The van der Waals surface area contributed by atoms with Crippen molar-refractivity contribution in [2.45, 2.75) is 32.2 Å². The number of nitrogen functional groups attached to an aromatic ring is 1. The molecule has 0 spiro atoms. The number of para-hydroxylation sites is 1. The summed E-state index contributed by atoms with van der Waals surface area (Å²) in [6, 6.07) is 7.98. The van der Waals surface area contributed by atoms with Gasteiger partial charge in [0.15, 0.2) is 5.82 Å². The highest BCUT2D eigenvalue weighted by Gasteiger charge is 2.16. The predicted octanol–water partition coefficient (Wildman–Crippen LogP) is 2.83. The number of unbranched alkanes of at least 4 members (excludes halogenated alkanes) is 1. The minimum Gasteiger partial charge on any atom is -0.384 e. The third-order valence-corrected chi connectivity index (χ3v) is 4.68. The fraction of sp³-hybridized carbons (Fsp3) is 0.381. The van der Waals surface area contributed by atoms with Crippen LogP contribution in [0.1, 0.15) is 25.1 Å². The first-order chi connectivity index (χ1) is 13.7. The van der Waals surface area contributed by atoms with Crippen molar-refractivity contribution in [3.05, 3.63) is 42.7 Å². The first-order valence-electron chi connectivity index (χ1n) is 9.55. The average molecular weight is 381 g/mol. The number of imidazole rings is 1. The molecule has 0 saturated heterocycles. The molecule has 148 valence electrons. The highest BCUT2D eigenvalue weighted by molar-refractivity contribution is 6.06. The summed E-state index contributed by atoms with van der Waals surface area (Å²) in [5.41, 5.74) is 8.82. The minimum absolute atomic E-state index is 0.00806. The number of rotatable bonds is 10. The predicted molar refractivity (Wildman–Crippen MR) is 112 cm³/mol. The van der Waals surface area contributed by atoms with E-state index in [1.165, 1.54) is 0 Å². The largest absolute Gasteiger partial charge is 0.384 e. The molecule has 2 aromatic heterocycles.